The number of esters is 2. The molecule has 1 aromatic carbocycles. The number of nitrogens with zero attached hydrogens (tertiary/aromatic N) is 4. The molecular weight excluding hydrogens is 512 g/mol. The van der Waals surface area contributed by atoms with Gasteiger partial charge in [0, 0.05) is 38.6 Å². The van der Waals surface area contributed by atoms with Crippen LogP contribution in [0.3, 0.4) is 0 Å². The van der Waals surface area contributed by atoms with E-state index in [0.717, 1.165) is 5.56 Å². The maximum atomic E-state index is 15.0. The van der Waals surface area contributed by atoms with Crippen molar-refractivity contribution in [1.29, 1.82) is 0 Å². The fourth-order valence-corrected chi connectivity index (χ4v) is 6.59. The minimum atomic E-state index is -1.86. The molecule has 4 atom stereocenters. The van der Waals surface area contributed by atoms with Crippen molar-refractivity contribution in [2.45, 2.75) is 18.6 Å². The van der Waals surface area contributed by atoms with E-state index in [-0.39, 0.29) is 26.2 Å². The van der Waals surface area contributed by atoms with Crippen LogP contribution in [0.4, 0.5) is 0 Å². The third kappa shape index (κ3) is 4.28. The van der Waals surface area contributed by atoms with Crippen LogP contribution in [0, 0.1) is 10.8 Å². The summed E-state index contributed by atoms with van der Waals surface area (Å²) in [6.07, 6.45) is 3.18. The summed E-state index contributed by atoms with van der Waals surface area (Å²) in [6, 6.07) is 18.2. The number of ether oxygens (including phenoxy) is 2. The first-order valence-corrected chi connectivity index (χ1v) is 13.1. The lowest BCUT2D eigenvalue weighted by Crippen LogP contribution is -2.76. The number of aliphatic hydroxyl groups is 1. The fourth-order valence-electron chi connectivity index (χ4n) is 6.59. The number of rotatable bonds is 8. The van der Waals surface area contributed by atoms with E-state index >= 15 is 0 Å². The van der Waals surface area contributed by atoms with E-state index in [1.807, 2.05) is 35.2 Å². The number of carbonyl (C=O) groups is 3. The highest BCUT2D eigenvalue weighted by atomic mass is 16.5. The number of hydrogen-bond acceptors (Lipinski definition) is 10. The van der Waals surface area contributed by atoms with Gasteiger partial charge < -0.3 is 14.6 Å². The summed E-state index contributed by atoms with van der Waals surface area (Å²) >= 11 is 0. The summed E-state index contributed by atoms with van der Waals surface area (Å²) < 4.78 is 10.7. The molecule has 208 valence electrons. The predicted molar refractivity (Wildman–Crippen MR) is 143 cm³/mol. The summed E-state index contributed by atoms with van der Waals surface area (Å²) in [6.45, 7) is 0.0546. The Hall–Kier alpha value is -3.99. The standard InChI is InChI=1S/C30H32N4O6/c1-39-27(37)29-19-33(18-21-10-4-3-5-11-21)20-30(26(29)36,28(38)40-2)25(23-13-7-9-15-32-23)34(16-17-35)24(29)22-12-6-8-14-31-22/h3-15,24-25,35H,16-20H2,1-2H3. The van der Waals surface area contributed by atoms with E-state index in [4.69, 9.17) is 9.47 Å². The van der Waals surface area contributed by atoms with Gasteiger partial charge in [-0.1, -0.05) is 42.5 Å². The molecule has 10 heteroatoms. The van der Waals surface area contributed by atoms with Crippen LogP contribution in [-0.2, 0) is 30.4 Å². The molecule has 4 unspecified atom stereocenters. The smallest absolute Gasteiger partial charge is 0.322 e. The van der Waals surface area contributed by atoms with Crippen molar-refractivity contribution >= 4 is 17.7 Å². The Morgan fingerprint density at radius 3 is 1.77 bits per heavy atom. The van der Waals surface area contributed by atoms with Crippen LogP contribution >= 0.6 is 0 Å². The van der Waals surface area contributed by atoms with Gasteiger partial charge >= 0.3 is 11.9 Å². The first kappa shape index (κ1) is 27.6. The summed E-state index contributed by atoms with van der Waals surface area (Å²) in [5.74, 6) is -2.15. The minimum Gasteiger partial charge on any atom is -0.468 e. The third-order valence-corrected chi connectivity index (χ3v) is 8.00. The highest BCUT2D eigenvalue weighted by Gasteiger charge is 2.75. The van der Waals surface area contributed by atoms with Gasteiger partial charge in [-0.2, -0.15) is 0 Å². The van der Waals surface area contributed by atoms with Crippen LogP contribution in [0.25, 0.3) is 0 Å². The second-order valence-corrected chi connectivity index (χ2v) is 10.2. The van der Waals surface area contributed by atoms with Crippen molar-refractivity contribution in [2.24, 2.45) is 10.8 Å². The Labute approximate surface area is 232 Å². The van der Waals surface area contributed by atoms with Gasteiger partial charge in [0.25, 0.3) is 0 Å². The highest BCUT2D eigenvalue weighted by molar-refractivity contribution is 6.17. The Balaban J connectivity index is 1.83. The number of fused-ring (bicyclic) bond motifs is 2. The van der Waals surface area contributed by atoms with Crippen LogP contribution in [0.15, 0.2) is 79.1 Å². The third-order valence-electron chi connectivity index (χ3n) is 8.00. The number of ketones is 1. The molecule has 40 heavy (non-hydrogen) atoms. The van der Waals surface area contributed by atoms with E-state index in [9.17, 15) is 19.5 Å². The number of Topliss-reactive ketones (excluding diaryl/α,β-unsaturated/α-hetero) is 1. The quantitative estimate of drug-likeness (QED) is 0.333. The predicted octanol–water partition coefficient (Wildman–Crippen LogP) is 1.97. The maximum absolute atomic E-state index is 15.0. The molecule has 2 aliphatic rings. The Kier molecular flexibility index (Phi) is 7.75. The first-order chi connectivity index (χ1) is 19.4. The van der Waals surface area contributed by atoms with Gasteiger partial charge in [-0.15, -0.1) is 0 Å². The van der Waals surface area contributed by atoms with Crippen LogP contribution in [0.1, 0.15) is 29.0 Å². The van der Waals surface area contributed by atoms with Gasteiger partial charge in [-0.25, -0.2) is 0 Å². The minimum absolute atomic E-state index is 0.0236. The molecule has 2 aromatic heterocycles. The number of likely N-dealkylation sites (tertiary alicyclic amines) is 2. The van der Waals surface area contributed by atoms with Gasteiger partial charge in [-0.05, 0) is 29.8 Å². The van der Waals surface area contributed by atoms with Crippen molar-refractivity contribution in [1.82, 2.24) is 19.8 Å². The van der Waals surface area contributed by atoms with E-state index in [2.05, 4.69) is 9.97 Å². The second kappa shape index (κ2) is 11.2. The molecule has 0 amide bonds. The van der Waals surface area contributed by atoms with Gasteiger partial charge in [0.15, 0.2) is 16.6 Å². The van der Waals surface area contributed by atoms with Gasteiger partial charge in [0.05, 0.1) is 44.3 Å². The van der Waals surface area contributed by atoms with Gasteiger partial charge in [0.1, 0.15) is 0 Å². The van der Waals surface area contributed by atoms with E-state index in [0.29, 0.717) is 17.9 Å². The molecule has 0 aliphatic carbocycles. The van der Waals surface area contributed by atoms with Gasteiger partial charge in [-0.3, -0.25) is 34.2 Å². The van der Waals surface area contributed by atoms with Gasteiger partial charge in [0.2, 0.25) is 0 Å². The Bertz CT molecular complexity index is 1280. The van der Waals surface area contributed by atoms with Crippen molar-refractivity contribution in [3.05, 3.63) is 96.1 Å². The molecule has 3 aromatic rings. The molecule has 0 radical (unpaired) electrons. The highest BCUT2D eigenvalue weighted by Crippen LogP contribution is 2.60. The number of hydrogen-bond donors (Lipinski definition) is 1. The number of piperidine rings is 2. The maximum Gasteiger partial charge on any atom is 0.322 e. The summed E-state index contributed by atoms with van der Waals surface area (Å²) in [5, 5.41) is 10.3. The summed E-state index contributed by atoms with van der Waals surface area (Å²) in [5.41, 5.74) is -1.88. The Morgan fingerprint density at radius 1 is 0.850 bits per heavy atom. The summed E-state index contributed by atoms with van der Waals surface area (Å²) in [7, 11) is 2.47. The lowest BCUT2D eigenvalue weighted by Gasteiger charge is -2.61. The molecule has 1 N–H and O–H groups in total. The van der Waals surface area contributed by atoms with E-state index < -0.39 is 40.6 Å². The largest absolute Gasteiger partial charge is 0.468 e. The number of carbonyl (C=O) groups excluding carboxylic acids is 3. The molecule has 2 aliphatic heterocycles. The molecule has 2 fully saturated rings. The topological polar surface area (TPSA) is 122 Å². The first-order valence-electron chi connectivity index (χ1n) is 13.1. The van der Waals surface area contributed by atoms with Crippen LogP contribution < -0.4 is 0 Å². The zero-order valence-electron chi connectivity index (χ0n) is 22.5. The number of pyridine rings is 2. The zero-order valence-corrected chi connectivity index (χ0v) is 22.5. The molecule has 0 saturated carbocycles. The lowest BCUT2D eigenvalue weighted by molar-refractivity contribution is -0.207. The number of benzene rings is 1. The zero-order chi connectivity index (χ0) is 28.3. The second-order valence-electron chi connectivity index (χ2n) is 10.2. The number of β-amino-alcohol motifs (C(OH)–C–C–N with tert-alkyl or cyclic N) is 1. The van der Waals surface area contributed by atoms with Crippen LogP contribution in [-0.4, -0.2) is 83.1 Å². The van der Waals surface area contributed by atoms with E-state index in [1.165, 1.54) is 14.2 Å². The number of aliphatic hydroxyl groups excluding tert-OH is 1. The molecule has 10 nitrogen and oxygen atoms in total. The number of aromatic nitrogens is 2. The average molecular weight is 545 g/mol. The van der Waals surface area contributed by atoms with Crippen LogP contribution in [0.2, 0.25) is 0 Å². The van der Waals surface area contributed by atoms with Crippen molar-refractivity contribution in [3.8, 4) is 0 Å². The van der Waals surface area contributed by atoms with Crippen molar-refractivity contribution in [3.63, 3.8) is 0 Å². The normalized spacial score (nSPS) is 26.7. The summed E-state index contributed by atoms with van der Waals surface area (Å²) in [4.78, 5) is 55.8. The molecule has 5 rings (SSSR count). The Morgan fingerprint density at radius 2 is 1.35 bits per heavy atom. The fraction of sp³-hybridized carbons (Fsp3) is 0.367. The molecule has 4 heterocycles. The number of methoxy groups -OCH3 is 2. The lowest BCUT2D eigenvalue weighted by atomic mass is 9.54. The molecular formula is C30H32N4O6. The molecule has 2 bridgehead atoms. The van der Waals surface area contributed by atoms with Crippen molar-refractivity contribution in [2.75, 3.05) is 40.5 Å². The molecule has 2 saturated heterocycles. The molecule has 0 spiro atoms. The monoisotopic (exact) mass is 544 g/mol. The average Bonchev–Trinajstić information content (AvgIpc) is 2.99. The SMILES string of the molecule is COC(=O)C12CN(Cc3ccccc3)CC(C(=O)OC)(C1=O)C(c1ccccn1)N(CCO)C2c1ccccn1. The van der Waals surface area contributed by atoms with Crippen LogP contribution in [0.5, 0.6) is 0 Å². The van der Waals surface area contributed by atoms with E-state index in [1.54, 1.807) is 53.7 Å². The van der Waals surface area contributed by atoms with Crippen molar-refractivity contribution < 1.29 is 29.0 Å².